The molecule has 0 saturated carbocycles. The van der Waals surface area contributed by atoms with Gasteiger partial charge in [0.25, 0.3) is 11.6 Å². The summed E-state index contributed by atoms with van der Waals surface area (Å²) >= 11 is 4.14. The van der Waals surface area contributed by atoms with E-state index in [4.69, 9.17) is 0 Å². The topological polar surface area (TPSA) is 72.2 Å². The summed E-state index contributed by atoms with van der Waals surface area (Å²) in [6.45, 7) is 1.65. The van der Waals surface area contributed by atoms with Gasteiger partial charge in [-0.3, -0.25) is 14.9 Å². The summed E-state index contributed by atoms with van der Waals surface area (Å²) in [6, 6.07) is 11.3. The second-order valence-electron chi connectivity index (χ2n) is 4.26. The summed E-state index contributed by atoms with van der Waals surface area (Å²) in [5.41, 5.74) is 1.38. The molecule has 0 saturated heterocycles. The van der Waals surface area contributed by atoms with E-state index in [9.17, 15) is 14.9 Å². The molecule has 2 aromatic rings. The molecule has 0 heterocycles. The molecular formula is C14H12N2O3S. The number of benzene rings is 2. The lowest BCUT2D eigenvalue weighted by atomic mass is 10.1. The van der Waals surface area contributed by atoms with Crippen LogP contribution in [0.2, 0.25) is 0 Å². The number of nitrogens with zero attached hydrogens (tertiary/aromatic N) is 1. The maximum absolute atomic E-state index is 12.0. The molecule has 0 spiro atoms. The molecule has 0 aromatic heterocycles. The normalized spacial score (nSPS) is 10.1. The van der Waals surface area contributed by atoms with Crippen molar-refractivity contribution < 1.29 is 9.72 Å². The molecule has 1 N–H and O–H groups in total. The van der Waals surface area contributed by atoms with E-state index in [1.807, 2.05) is 0 Å². The molecule has 0 bridgehead atoms. The lowest BCUT2D eigenvalue weighted by Gasteiger charge is -2.06. The van der Waals surface area contributed by atoms with Crippen LogP contribution in [0.4, 0.5) is 11.4 Å². The fraction of sp³-hybridized carbons (Fsp3) is 0.0714. The van der Waals surface area contributed by atoms with Gasteiger partial charge in [0, 0.05) is 27.8 Å². The Balaban J connectivity index is 2.21. The minimum absolute atomic E-state index is 0.0199. The lowest BCUT2D eigenvalue weighted by molar-refractivity contribution is -0.385. The first-order valence-electron chi connectivity index (χ1n) is 5.83. The molecule has 2 aromatic carbocycles. The van der Waals surface area contributed by atoms with E-state index in [1.165, 1.54) is 6.07 Å². The number of anilines is 1. The number of amides is 1. The maximum atomic E-state index is 12.0. The zero-order valence-corrected chi connectivity index (χ0v) is 11.6. The molecule has 5 nitrogen and oxygen atoms in total. The van der Waals surface area contributed by atoms with Gasteiger partial charge in [0.2, 0.25) is 0 Å². The van der Waals surface area contributed by atoms with Gasteiger partial charge in [0.05, 0.1) is 4.92 Å². The van der Waals surface area contributed by atoms with Gasteiger partial charge >= 0.3 is 0 Å². The first-order valence-corrected chi connectivity index (χ1v) is 6.27. The molecule has 20 heavy (non-hydrogen) atoms. The number of rotatable bonds is 3. The maximum Gasteiger partial charge on any atom is 0.274 e. The second kappa shape index (κ2) is 5.75. The van der Waals surface area contributed by atoms with E-state index in [0.717, 1.165) is 4.90 Å². The van der Waals surface area contributed by atoms with Crippen LogP contribution in [0.25, 0.3) is 0 Å². The standard InChI is InChI=1S/C14H12N2O3S/c1-9-2-5-11(8-13(9)16(18)19)15-14(17)10-3-6-12(20)7-4-10/h2-8,20H,1H3,(H,15,17). The molecule has 0 aliphatic rings. The number of carbonyl (C=O) groups is 1. The largest absolute Gasteiger partial charge is 0.322 e. The lowest BCUT2D eigenvalue weighted by Crippen LogP contribution is -2.12. The van der Waals surface area contributed by atoms with Gasteiger partial charge in [-0.25, -0.2) is 0 Å². The highest BCUT2D eigenvalue weighted by Gasteiger charge is 2.13. The van der Waals surface area contributed by atoms with Crippen LogP contribution >= 0.6 is 12.6 Å². The Kier molecular flexibility index (Phi) is 4.05. The van der Waals surface area contributed by atoms with E-state index in [1.54, 1.807) is 43.3 Å². The van der Waals surface area contributed by atoms with Crippen molar-refractivity contribution in [3.05, 3.63) is 63.7 Å². The Hall–Kier alpha value is -2.34. The number of carbonyl (C=O) groups excluding carboxylic acids is 1. The third-order valence-electron chi connectivity index (χ3n) is 2.79. The molecular weight excluding hydrogens is 276 g/mol. The van der Waals surface area contributed by atoms with Gasteiger partial charge in [-0.2, -0.15) is 0 Å². The summed E-state index contributed by atoms with van der Waals surface area (Å²) < 4.78 is 0. The van der Waals surface area contributed by atoms with Crippen LogP contribution < -0.4 is 5.32 Å². The van der Waals surface area contributed by atoms with Crippen LogP contribution in [0.1, 0.15) is 15.9 Å². The molecule has 0 aliphatic carbocycles. The predicted molar refractivity (Wildman–Crippen MR) is 79.5 cm³/mol. The van der Waals surface area contributed by atoms with Crippen LogP contribution in [0.15, 0.2) is 47.4 Å². The Morgan fingerprint density at radius 3 is 2.45 bits per heavy atom. The molecule has 0 atom stereocenters. The van der Waals surface area contributed by atoms with Crippen molar-refractivity contribution in [1.82, 2.24) is 0 Å². The molecule has 102 valence electrons. The van der Waals surface area contributed by atoms with Crippen molar-refractivity contribution in [3.63, 3.8) is 0 Å². The number of aryl methyl sites for hydroxylation is 1. The fourth-order valence-electron chi connectivity index (χ4n) is 1.70. The summed E-state index contributed by atoms with van der Waals surface area (Å²) in [5.74, 6) is -0.323. The number of nitro groups is 1. The summed E-state index contributed by atoms with van der Waals surface area (Å²) in [6.07, 6.45) is 0. The van der Waals surface area contributed by atoms with Gasteiger partial charge in [-0.05, 0) is 37.3 Å². The highest BCUT2D eigenvalue weighted by molar-refractivity contribution is 7.80. The van der Waals surface area contributed by atoms with Gasteiger partial charge in [-0.15, -0.1) is 12.6 Å². The number of nitrogens with one attached hydrogen (secondary N) is 1. The van der Waals surface area contributed by atoms with Crippen molar-refractivity contribution in [1.29, 1.82) is 0 Å². The smallest absolute Gasteiger partial charge is 0.274 e. The van der Waals surface area contributed by atoms with Crippen LogP contribution in [0.3, 0.4) is 0 Å². The van der Waals surface area contributed by atoms with Gasteiger partial charge in [0.15, 0.2) is 0 Å². The highest BCUT2D eigenvalue weighted by Crippen LogP contribution is 2.22. The molecule has 1 amide bonds. The molecule has 0 fully saturated rings. The Labute approximate surface area is 121 Å². The second-order valence-corrected chi connectivity index (χ2v) is 4.78. The van der Waals surface area contributed by atoms with Crippen molar-refractivity contribution in [2.45, 2.75) is 11.8 Å². The SMILES string of the molecule is Cc1ccc(NC(=O)c2ccc(S)cc2)cc1[N+](=O)[O-]. The summed E-state index contributed by atoms with van der Waals surface area (Å²) in [7, 11) is 0. The molecule has 6 heteroatoms. The molecule has 0 aliphatic heterocycles. The van der Waals surface area contributed by atoms with Crippen LogP contribution in [-0.4, -0.2) is 10.8 Å². The summed E-state index contributed by atoms with van der Waals surface area (Å²) in [5, 5.41) is 13.5. The van der Waals surface area contributed by atoms with Crippen LogP contribution in [0, 0.1) is 17.0 Å². The van der Waals surface area contributed by atoms with Crippen LogP contribution in [-0.2, 0) is 0 Å². The Morgan fingerprint density at radius 1 is 1.20 bits per heavy atom. The van der Waals surface area contributed by atoms with E-state index in [-0.39, 0.29) is 11.6 Å². The minimum Gasteiger partial charge on any atom is -0.322 e. The van der Waals surface area contributed by atoms with Gasteiger partial charge in [-0.1, -0.05) is 6.07 Å². The summed E-state index contributed by atoms with van der Waals surface area (Å²) in [4.78, 5) is 23.1. The van der Waals surface area contributed by atoms with Crippen molar-refractivity contribution in [3.8, 4) is 0 Å². The Morgan fingerprint density at radius 2 is 1.85 bits per heavy atom. The molecule has 0 unspecified atom stereocenters. The number of thiol groups is 1. The molecule has 0 radical (unpaired) electrons. The first kappa shape index (κ1) is 14.1. The Bertz CT molecular complexity index is 669. The van der Waals surface area contributed by atoms with E-state index in [2.05, 4.69) is 17.9 Å². The number of hydrogen-bond donors (Lipinski definition) is 2. The van der Waals surface area contributed by atoms with Crippen molar-refractivity contribution in [2.24, 2.45) is 0 Å². The predicted octanol–water partition coefficient (Wildman–Crippen LogP) is 3.44. The average Bonchev–Trinajstić information content (AvgIpc) is 2.41. The average molecular weight is 288 g/mol. The molecule has 2 rings (SSSR count). The zero-order chi connectivity index (χ0) is 14.7. The van der Waals surface area contributed by atoms with E-state index < -0.39 is 4.92 Å². The third-order valence-corrected chi connectivity index (χ3v) is 3.09. The minimum atomic E-state index is -0.472. The first-order chi connectivity index (χ1) is 9.47. The van der Waals surface area contributed by atoms with Gasteiger partial charge < -0.3 is 5.32 Å². The quantitative estimate of drug-likeness (QED) is 0.516. The number of hydrogen-bond acceptors (Lipinski definition) is 4. The third kappa shape index (κ3) is 3.16. The van der Waals surface area contributed by atoms with Crippen molar-refractivity contribution >= 4 is 29.9 Å². The number of nitro benzene ring substituents is 1. The monoisotopic (exact) mass is 288 g/mol. The highest BCUT2D eigenvalue weighted by atomic mass is 32.1. The van der Waals surface area contributed by atoms with Crippen LogP contribution in [0.5, 0.6) is 0 Å². The van der Waals surface area contributed by atoms with E-state index >= 15 is 0 Å². The van der Waals surface area contributed by atoms with Gasteiger partial charge in [0.1, 0.15) is 0 Å². The fourth-order valence-corrected chi connectivity index (χ4v) is 1.85. The van der Waals surface area contributed by atoms with E-state index in [0.29, 0.717) is 16.8 Å². The van der Waals surface area contributed by atoms with Crippen molar-refractivity contribution in [2.75, 3.05) is 5.32 Å². The zero-order valence-electron chi connectivity index (χ0n) is 10.7.